The van der Waals surface area contributed by atoms with Crippen molar-refractivity contribution >= 4 is 33.4 Å². The van der Waals surface area contributed by atoms with Gasteiger partial charge in [-0.3, -0.25) is 9.59 Å². The van der Waals surface area contributed by atoms with E-state index in [4.69, 9.17) is 0 Å². The molecular formula is C67H63NO2. The van der Waals surface area contributed by atoms with Crippen molar-refractivity contribution in [3.63, 3.8) is 0 Å². The molecule has 70 heavy (non-hydrogen) atoms. The fraction of sp³-hybridized carbons (Fsp3) is 0.254. The van der Waals surface area contributed by atoms with Gasteiger partial charge in [0.05, 0.1) is 11.0 Å². The Kier molecular flexibility index (Phi) is 10.2. The number of carbonyl (C=O) groups is 2. The van der Waals surface area contributed by atoms with E-state index in [2.05, 4.69) is 209 Å². The fourth-order valence-electron chi connectivity index (χ4n) is 11.0. The monoisotopic (exact) mass is 913 g/mol. The minimum absolute atomic E-state index is 0.0260. The molecule has 1 aromatic heterocycles. The fourth-order valence-corrected chi connectivity index (χ4v) is 11.0. The molecule has 0 spiro atoms. The molecule has 1 heterocycles. The Hall–Kier alpha value is -7.10. The average Bonchev–Trinajstić information content (AvgIpc) is 3.83. The van der Waals surface area contributed by atoms with Crippen molar-refractivity contribution in [2.24, 2.45) is 0 Å². The van der Waals surface area contributed by atoms with Gasteiger partial charge in [0.15, 0.2) is 11.6 Å². The molecule has 0 amide bonds. The van der Waals surface area contributed by atoms with Crippen molar-refractivity contribution in [2.75, 3.05) is 0 Å². The van der Waals surface area contributed by atoms with Crippen LogP contribution < -0.4 is 0 Å². The third-order valence-electron chi connectivity index (χ3n) is 15.3. The van der Waals surface area contributed by atoms with Gasteiger partial charge >= 0.3 is 0 Å². The van der Waals surface area contributed by atoms with Crippen LogP contribution in [0.4, 0.5) is 0 Å². The van der Waals surface area contributed by atoms with E-state index in [0.29, 0.717) is 22.3 Å². The summed E-state index contributed by atoms with van der Waals surface area (Å²) in [6, 6.07) is 56.7. The SMILES string of the molecule is CC(C)(C)c1ccc2c(c1)-c1cc(C(C)(C)C)ccc1C2c1ccc(-c2ccc3c(c2)C(=O)c2ccc(-c4ccc(-n5c6ccc(C(C)(C)C)cc6c6cc(C(C)(C)C)ccc65)cc4)cc2C3=O)cc1. The lowest BCUT2D eigenvalue weighted by Gasteiger charge is -2.21. The van der Waals surface area contributed by atoms with Crippen LogP contribution in [0.3, 0.4) is 0 Å². The van der Waals surface area contributed by atoms with Crippen LogP contribution >= 0.6 is 0 Å². The maximum atomic E-state index is 14.3. The van der Waals surface area contributed by atoms with Crippen LogP contribution in [0.5, 0.6) is 0 Å². The molecule has 0 unspecified atom stereocenters. The van der Waals surface area contributed by atoms with Gasteiger partial charge in [0.1, 0.15) is 0 Å². The van der Waals surface area contributed by atoms with E-state index >= 15 is 0 Å². The second-order valence-corrected chi connectivity index (χ2v) is 24.2. The smallest absolute Gasteiger partial charge is 0.194 e. The van der Waals surface area contributed by atoms with Crippen LogP contribution in [-0.4, -0.2) is 16.1 Å². The van der Waals surface area contributed by atoms with Crippen molar-refractivity contribution in [2.45, 2.75) is 111 Å². The van der Waals surface area contributed by atoms with Gasteiger partial charge in [-0.2, -0.15) is 0 Å². The summed E-state index contributed by atoms with van der Waals surface area (Å²) in [6.45, 7) is 27.3. The van der Waals surface area contributed by atoms with Crippen molar-refractivity contribution in [1.82, 2.24) is 4.57 Å². The van der Waals surface area contributed by atoms with Crippen molar-refractivity contribution in [1.29, 1.82) is 0 Å². The molecule has 0 bridgehead atoms. The molecule has 0 saturated heterocycles. The Morgan fingerprint density at radius 2 is 0.686 bits per heavy atom. The summed E-state index contributed by atoms with van der Waals surface area (Å²) in [5, 5.41) is 2.50. The summed E-state index contributed by atoms with van der Waals surface area (Å²) in [5.41, 5.74) is 21.0. The van der Waals surface area contributed by atoms with Crippen LogP contribution in [0.1, 0.15) is 160 Å². The van der Waals surface area contributed by atoms with Gasteiger partial charge in [-0.15, -0.1) is 0 Å². The number of fused-ring (bicyclic) bond motifs is 8. The molecule has 3 nitrogen and oxygen atoms in total. The minimum Gasteiger partial charge on any atom is -0.309 e. The molecule has 0 saturated carbocycles. The lowest BCUT2D eigenvalue weighted by molar-refractivity contribution is 0.0979. The Bertz CT molecular complexity index is 3510. The normalized spacial score (nSPS) is 14.0. The molecule has 8 aromatic carbocycles. The van der Waals surface area contributed by atoms with Gasteiger partial charge in [0, 0.05) is 44.6 Å². The highest BCUT2D eigenvalue weighted by atomic mass is 16.1. The van der Waals surface area contributed by atoms with Crippen LogP contribution in [0, 0.1) is 0 Å². The number of nitrogens with zero attached hydrogens (tertiary/aromatic N) is 1. The molecule has 0 atom stereocenters. The first-order valence-electron chi connectivity index (χ1n) is 25.0. The van der Waals surface area contributed by atoms with E-state index in [1.165, 1.54) is 71.9 Å². The third kappa shape index (κ3) is 7.48. The van der Waals surface area contributed by atoms with Crippen molar-refractivity contribution in [3.05, 3.63) is 219 Å². The van der Waals surface area contributed by atoms with Crippen LogP contribution in [-0.2, 0) is 21.7 Å². The summed E-state index contributed by atoms with van der Waals surface area (Å²) in [6.07, 6.45) is 0. The standard InChI is InChI=1S/C67H63NO2/c1-64(2,3)44-21-29-49-53(35-44)54-36-45(65(4,5)6)22-30-50(54)61(49)41-15-13-39(14-16-41)42-19-27-51-57(33-42)62(69)52-28-20-43(34-58(52)63(51)70)40-17-25-48(26-18-40)68-59-31-23-46(66(7,8)9)37-55(59)56-38-47(67(10,11)12)24-32-60(56)68/h13-38,61H,1-12H3. The first-order chi connectivity index (χ1) is 33.0. The molecule has 0 fully saturated rings. The topological polar surface area (TPSA) is 39.1 Å². The van der Waals surface area contributed by atoms with Gasteiger partial charge in [0.25, 0.3) is 0 Å². The highest BCUT2D eigenvalue weighted by molar-refractivity contribution is 6.29. The zero-order chi connectivity index (χ0) is 49.4. The van der Waals surface area contributed by atoms with E-state index in [1.807, 2.05) is 36.4 Å². The molecule has 0 radical (unpaired) electrons. The number of carbonyl (C=O) groups excluding carboxylic acids is 2. The summed E-state index contributed by atoms with van der Waals surface area (Å²) in [5.74, 6) is -0.125. The van der Waals surface area contributed by atoms with Gasteiger partial charge in [-0.05, 0) is 155 Å². The number of hydrogen-bond donors (Lipinski definition) is 0. The highest BCUT2D eigenvalue weighted by Gasteiger charge is 2.34. The van der Waals surface area contributed by atoms with E-state index in [1.54, 1.807) is 0 Å². The van der Waals surface area contributed by atoms with Gasteiger partial charge in [-0.25, -0.2) is 0 Å². The molecule has 3 heteroatoms. The van der Waals surface area contributed by atoms with Crippen molar-refractivity contribution in [3.8, 4) is 39.1 Å². The molecule has 2 aliphatic rings. The number of hydrogen-bond acceptors (Lipinski definition) is 2. The summed E-state index contributed by atoms with van der Waals surface area (Å²) >= 11 is 0. The predicted molar refractivity (Wildman–Crippen MR) is 293 cm³/mol. The third-order valence-corrected chi connectivity index (χ3v) is 15.3. The summed E-state index contributed by atoms with van der Waals surface area (Å²) in [7, 11) is 0. The Labute approximate surface area is 414 Å². The van der Waals surface area contributed by atoms with E-state index in [9.17, 15) is 9.59 Å². The zero-order valence-corrected chi connectivity index (χ0v) is 42.9. The zero-order valence-electron chi connectivity index (χ0n) is 42.9. The molecule has 9 aromatic rings. The second kappa shape index (κ2) is 15.7. The summed E-state index contributed by atoms with van der Waals surface area (Å²) < 4.78 is 2.36. The molecule has 2 aliphatic carbocycles. The molecule has 348 valence electrons. The summed E-state index contributed by atoms with van der Waals surface area (Å²) in [4.78, 5) is 28.6. The quantitative estimate of drug-likeness (QED) is 0.176. The maximum absolute atomic E-state index is 14.3. The Morgan fingerprint density at radius 1 is 0.329 bits per heavy atom. The largest absolute Gasteiger partial charge is 0.309 e. The van der Waals surface area contributed by atoms with Crippen LogP contribution in [0.15, 0.2) is 158 Å². The number of ketones is 2. The maximum Gasteiger partial charge on any atom is 0.194 e. The van der Waals surface area contributed by atoms with Gasteiger partial charge in [-0.1, -0.05) is 180 Å². The number of rotatable bonds is 4. The first-order valence-corrected chi connectivity index (χ1v) is 25.0. The lowest BCUT2D eigenvalue weighted by Crippen LogP contribution is -2.21. The van der Waals surface area contributed by atoms with E-state index in [0.717, 1.165) is 27.9 Å². The van der Waals surface area contributed by atoms with E-state index in [-0.39, 0.29) is 39.1 Å². The minimum atomic E-state index is -0.123. The average molecular weight is 914 g/mol. The molecule has 11 rings (SSSR count). The number of aromatic nitrogens is 1. The second-order valence-electron chi connectivity index (χ2n) is 24.2. The predicted octanol–water partition coefficient (Wildman–Crippen LogP) is 17.2. The van der Waals surface area contributed by atoms with Crippen LogP contribution in [0.2, 0.25) is 0 Å². The van der Waals surface area contributed by atoms with Crippen molar-refractivity contribution < 1.29 is 9.59 Å². The van der Waals surface area contributed by atoms with Crippen LogP contribution in [0.25, 0.3) is 60.9 Å². The van der Waals surface area contributed by atoms with E-state index < -0.39 is 0 Å². The van der Waals surface area contributed by atoms with Gasteiger partial charge in [0.2, 0.25) is 0 Å². The van der Waals surface area contributed by atoms with Gasteiger partial charge < -0.3 is 4.57 Å². The lowest BCUT2D eigenvalue weighted by atomic mass is 9.81. The Balaban J connectivity index is 0.882. The highest BCUT2D eigenvalue weighted by Crippen LogP contribution is 2.50. The number of benzene rings is 8. The molecule has 0 aliphatic heterocycles. The first kappa shape index (κ1) is 45.3. The molecule has 0 N–H and O–H groups in total. The Morgan fingerprint density at radius 3 is 1.09 bits per heavy atom. The molecular weight excluding hydrogens is 851 g/mol.